The van der Waals surface area contributed by atoms with Gasteiger partial charge in [0.15, 0.2) is 0 Å². The molecule has 35 heavy (non-hydrogen) atoms. The van der Waals surface area contributed by atoms with E-state index >= 15 is 0 Å². The minimum atomic E-state index is -4.73. The Bertz CT molecular complexity index is 1360. The SMILES string of the molecule is CO[C@H]1CSc2c(-c3ccc(F)c(Cl)c3)c(C(F)(F)F)cc3c(N4CCNCC4)nc(=O)n(c23)C1. The van der Waals surface area contributed by atoms with Gasteiger partial charge in [0.1, 0.15) is 11.6 Å². The Balaban J connectivity index is 1.91. The van der Waals surface area contributed by atoms with E-state index < -0.39 is 29.4 Å². The zero-order chi connectivity index (χ0) is 24.9. The minimum Gasteiger partial charge on any atom is -0.379 e. The van der Waals surface area contributed by atoms with Gasteiger partial charge in [0, 0.05) is 54.9 Å². The Morgan fingerprint density at radius 3 is 2.63 bits per heavy atom. The molecule has 5 rings (SSSR count). The molecule has 0 aliphatic carbocycles. The summed E-state index contributed by atoms with van der Waals surface area (Å²) in [6, 6.07) is 4.55. The molecule has 6 nitrogen and oxygen atoms in total. The summed E-state index contributed by atoms with van der Waals surface area (Å²) in [7, 11) is 1.49. The van der Waals surface area contributed by atoms with E-state index in [9.17, 15) is 22.4 Å². The normalized spacial score (nSPS) is 18.7. The van der Waals surface area contributed by atoms with E-state index in [-0.39, 0.29) is 38.8 Å². The first-order valence-electron chi connectivity index (χ1n) is 10.9. The van der Waals surface area contributed by atoms with E-state index in [0.717, 1.165) is 12.1 Å². The second-order valence-electron chi connectivity index (χ2n) is 8.39. The van der Waals surface area contributed by atoms with Gasteiger partial charge < -0.3 is 15.0 Å². The van der Waals surface area contributed by atoms with Gasteiger partial charge in [-0.2, -0.15) is 18.2 Å². The molecule has 186 valence electrons. The number of thioether (sulfide) groups is 1. The number of methoxy groups -OCH3 is 1. The van der Waals surface area contributed by atoms with Gasteiger partial charge in [-0.1, -0.05) is 17.7 Å². The monoisotopic (exact) mass is 528 g/mol. The summed E-state index contributed by atoms with van der Waals surface area (Å²) >= 11 is 7.14. The van der Waals surface area contributed by atoms with Crippen LogP contribution in [0.4, 0.5) is 23.4 Å². The molecule has 3 heterocycles. The van der Waals surface area contributed by atoms with Crippen molar-refractivity contribution in [3.8, 4) is 11.1 Å². The number of ether oxygens (including phenoxy) is 1. The fraction of sp³-hybridized carbons (Fsp3) is 0.391. The topological polar surface area (TPSA) is 59.4 Å². The third kappa shape index (κ3) is 4.39. The van der Waals surface area contributed by atoms with Crippen LogP contribution >= 0.6 is 23.4 Å². The van der Waals surface area contributed by atoms with Gasteiger partial charge in [0.05, 0.1) is 28.8 Å². The van der Waals surface area contributed by atoms with Gasteiger partial charge >= 0.3 is 11.9 Å². The molecule has 0 radical (unpaired) electrons. The lowest BCUT2D eigenvalue weighted by atomic mass is 9.96. The maximum Gasteiger partial charge on any atom is 0.417 e. The smallest absolute Gasteiger partial charge is 0.379 e. The van der Waals surface area contributed by atoms with Crippen LogP contribution in [0, 0.1) is 5.82 Å². The average molecular weight is 529 g/mol. The second-order valence-corrected chi connectivity index (χ2v) is 9.82. The zero-order valence-electron chi connectivity index (χ0n) is 18.6. The summed E-state index contributed by atoms with van der Waals surface area (Å²) in [4.78, 5) is 19.5. The van der Waals surface area contributed by atoms with Gasteiger partial charge in [-0.3, -0.25) is 4.57 Å². The highest BCUT2D eigenvalue weighted by molar-refractivity contribution is 7.99. The van der Waals surface area contributed by atoms with Crippen LogP contribution in [-0.2, 0) is 17.5 Å². The lowest BCUT2D eigenvalue weighted by Crippen LogP contribution is -2.45. The molecule has 1 N–H and O–H groups in total. The van der Waals surface area contributed by atoms with Crippen molar-refractivity contribution in [1.82, 2.24) is 14.9 Å². The number of nitrogens with one attached hydrogen (secondary N) is 1. The van der Waals surface area contributed by atoms with Gasteiger partial charge in [-0.05, 0) is 23.8 Å². The lowest BCUT2D eigenvalue weighted by molar-refractivity contribution is -0.137. The highest BCUT2D eigenvalue weighted by atomic mass is 35.5. The molecular formula is C23H21ClF4N4O2S. The molecule has 1 atom stereocenters. The predicted molar refractivity (Wildman–Crippen MR) is 128 cm³/mol. The first kappa shape index (κ1) is 24.4. The maximum absolute atomic E-state index is 14.5. The van der Waals surface area contributed by atoms with E-state index in [2.05, 4.69) is 10.3 Å². The summed E-state index contributed by atoms with van der Waals surface area (Å²) in [5, 5.41) is 3.15. The van der Waals surface area contributed by atoms with Crippen molar-refractivity contribution in [1.29, 1.82) is 0 Å². The van der Waals surface area contributed by atoms with Crippen LogP contribution in [0.2, 0.25) is 5.02 Å². The van der Waals surface area contributed by atoms with E-state index in [1.165, 1.54) is 35.6 Å². The molecule has 2 aromatic carbocycles. The van der Waals surface area contributed by atoms with Crippen molar-refractivity contribution in [3.63, 3.8) is 0 Å². The lowest BCUT2D eigenvalue weighted by Gasteiger charge is -2.30. The highest BCUT2D eigenvalue weighted by Crippen LogP contribution is 2.48. The van der Waals surface area contributed by atoms with Crippen molar-refractivity contribution in [2.24, 2.45) is 0 Å². The Hall–Kier alpha value is -2.34. The number of halogens is 5. The number of hydrogen-bond acceptors (Lipinski definition) is 6. The van der Waals surface area contributed by atoms with Gasteiger partial charge in [-0.25, -0.2) is 9.18 Å². The van der Waals surface area contributed by atoms with Crippen molar-refractivity contribution in [2.45, 2.75) is 23.7 Å². The average Bonchev–Trinajstić information content (AvgIpc) is 3.03. The van der Waals surface area contributed by atoms with Crippen LogP contribution < -0.4 is 15.9 Å². The summed E-state index contributed by atoms with van der Waals surface area (Å²) in [6.45, 7) is 2.41. The molecular weight excluding hydrogens is 508 g/mol. The fourth-order valence-corrected chi connectivity index (χ4v) is 6.06. The molecule has 2 aliphatic heterocycles. The van der Waals surface area contributed by atoms with E-state index in [0.29, 0.717) is 37.4 Å². The van der Waals surface area contributed by atoms with Crippen LogP contribution in [0.5, 0.6) is 0 Å². The van der Waals surface area contributed by atoms with Crippen molar-refractivity contribution in [2.75, 3.05) is 43.9 Å². The summed E-state index contributed by atoms with van der Waals surface area (Å²) in [6.07, 6.45) is -5.14. The van der Waals surface area contributed by atoms with Crippen molar-refractivity contribution >= 4 is 40.1 Å². The molecule has 0 unspecified atom stereocenters. The molecule has 1 fully saturated rings. The first-order chi connectivity index (χ1) is 16.7. The number of alkyl halides is 3. The summed E-state index contributed by atoms with van der Waals surface area (Å²) in [5.41, 5.74) is -1.11. The number of piperazine rings is 1. The highest BCUT2D eigenvalue weighted by Gasteiger charge is 2.38. The second kappa shape index (κ2) is 9.27. The van der Waals surface area contributed by atoms with Crippen LogP contribution in [0.3, 0.4) is 0 Å². The largest absolute Gasteiger partial charge is 0.417 e. The van der Waals surface area contributed by atoms with Crippen LogP contribution in [0.15, 0.2) is 34.0 Å². The molecule has 0 spiro atoms. The molecule has 1 saturated heterocycles. The molecule has 0 bridgehead atoms. The predicted octanol–water partition coefficient (Wildman–Crippen LogP) is 4.41. The first-order valence-corrected chi connectivity index (χ1v) is 12.3. The van der Waals surface area contributed by atoms with Gasteiger partial charge in [0.25, 0.3) is 0 Å². The third-order valence-electron chi connectivity index (χ3n) is 6.26. The zero-order valence-corrected chi connectivity index (χ0v) is 20.2. The van der Waals surface area contributed by atoms with Crippen molar-refractivity contribution < 1.29 is 22.3 Å². The van der Waals surface area contributed by atoms with Gasteiger partial charge in [0.2, 0.25) is 0 Å². The number of rotatable bonds is 3. The number of anilines is 1. The number of hydrogen-bond donors (Lipinski definition) is 1. The Morgan fingerprint density at radius 2 is 1.97 bits per heavy atom. The quantitative estimate of drug-likeness (QED) is 0.508. The Labute approximate surface area is 207 Å². The van der Waals surface area contributed by atoms with Crippen LogP contribution in [0.25, 0.3) is 22.0 Å². The van der Waals surface area contributed by atoms with Crippen molar-refractivity contribution in [3.05, 3.63) is 51.2 Å². The fourth-order valence-electron chi connectivity index (χ4n) is 4.56. The maximum atomic E-state index is 14.5. The van der Waals surface area contributed by atoms with E-state index in [1.54, 1.807) is 0 Å². The number of aromatic nitrogens is 2. The van der Waals surface area contributed by atoms with Crippen LogP contribution in [-0.4, -0.2) is 54.7 Å². The molecule has 0 amide bonds. The number of benzene rings is 2. The van der Waals surface area contributed by atoms with E-state index in [4.69, 9.17) is 16.3 Å². The van der Waals surface area contributed by atoms with E-state index in [1.807, 2.05) is 4.90 Å². The molecule has 12 heteroatoms. The summed E-state index contributed by atoms with van der Waals surface area (Å²) in [5.74, 6) is -0.182. The molecule has 2 aliphatic rings. The Morgan fingerprint density at radius 1 is 1.23 bits per heavy atom. The van der Waals surface area contributed by atoms with Crippen LogP contribution in [0.1, 0.15) is 5.56 Å². The molecule has 3 aromatic rings. The molecule has 0 saturated carbocycles. The Kier molecular flexibility index (Phi) is 6.45. The third-order valence-corrected chi connectivity index (χ3v) is 7.78. The standard InChI is InChI=1S/C23H21ClF4N4O2S/c1-34-13-10-32-19-14(21(30-22(32)33)31-6-4-29-5-7-31)9-15(23(26,27)28)18(20(19)35-11-13)12-2-3-17(25)16(24)8-12/h2-3,8-9,13,29H,4-7,10-11H2,1H3/t13-/m1/s1. The number of nitrogens with zero attached hydrogens (tertiary/aromatic N) is 3. The van der Waals surface area contributed by atoms with Gasteiger partial charge in [-0.15, -0.1) is 11.8 Å². The minimum absolute atomic E-state index is 0.114. The summed E-state index contributed by atoms with van der Waals surface area (Å²) < 4.78 is 64.3. The molecule has 1 aromatic heterocycles.